The van der Waals surface area contributed by atoms with Gasteiger partial charge in [-0.2, -0.15) is 0 Å². The van der Waals surface area contributed by atoms with E-state index in [0.29, 0.717) is 30.3 Å². The molecular formula is C18H29NO3. The van der Waals surface area contributed by atoms with E-state index in [0.717, 1.165) is 6.42 Å². The van der Waals surface area contributed by atoms with E-state index in [1.807, 2.05) is 6.92 Å². The lowest BCUT2D eigenvalue weighted by atomic mass is 10.1. The Morgan fingerprint density at radius 1 is 0.955 bits per heavy atom. The lowest BCUT2D eigenvalue weighted by Gasteiger charge is -2.12. The normalized spacial score (nSPS) is 10.5. The summed E-state index contributed by atoms with van der Waals surface area (Å²) in [7, 11) is 0. The molecule has 22 heavy (non-hydrogen) atoms. The van der Waals surface area contributed by atoms with Crippen molar-refractivity contribution in [3.05, 3.63) is 23.8 Å². The van der Waals surface area contributed by atoms with Crippen LogP contribution in [0.1, 0.15) is 69.2 Å². The molecule has 0 saturated carbocycles. The van der Waals surface area contributed by atoms with Gasteiger partial charge in [0.15, 0.2) is 11.5 Å². The van der Waals surface area contributed by atoms with E-state index in [1.54, 1.807) is 18.2 Å². The van der Waals surface area contributed by atoms with E-state index in [9.17, 15) is 4.79 Å². The summed E-state index contributed by atoms with van der Waals surface area (Å²) in [5.41, 5.74) is 5.72. The summed E-state index contributed by atoms with van der Waals surface area (Å²) in [6, 6.07) is 5.07. The van der Waals surface area contributed by atoms with Crippen LogP contribution in [0.2, 0.25) is 0 Å². The Morgan fingerprint density at radius 2 is 1.64 bits per heavy atom. The average Bonchev–Trinajstić information content (AvgIpc) is 2.51. The van der Waals surface area contributed by atoms with Crippen LogP contribution in [-0.2, 0) is 0 Å². The quantitative estimate of drug-likeness (QED) is 0.585. The molecule has 1 rings (SSSR count). The van der Waals surface area contributed by atoms with E-state index in [4.69, 9.17) is 15.2 Å². The van der Waals surface area contributed by atoms with Crippen LogP contribution >= 0.6 is 0 Å². The number of primary amides is 1. The predicted octanol–water partition coefficient (Wildman–Crippen LogP) is 4.31. The van der Waals surface area contributed by atoms with Gasteiger partial charge in [-0.15, -0.1) is 0 Å². The molecule has 2 N–H and O–H groups in total. The van der Waals surface area contributed by atoms with Gasteiger partial charge in [-0.1, -0.05) is 45.4 Å². The van der Waals surface area contributed by atoms with Crippen molar-refractivity contribution >= 4 is 5.91 Å². The molecule has 0 radical (unpaired) electrons. The van der Waals surface area contributed by atoms with Crippen LogP contribution in [0, 0.1) is 0 Å². The second-order valence-electron chi connectivity index (χ2n) is 5.43. The van der Waals surface area contributed by atoms with Gasteiger partial charge in [-0.3, -0.25) is 4.79 Å². The Kier molecular flexibility index (Phi) is 9.12. The van der Waals surface area contributed by atoms with Gasteiger partial charge in [0.25, 0.3) is 0 Å². The molecule has 0 atom stereocenters. The van der Waals surface area contributed by atoms with Gasteiger partial charge in [0.2, 0.25) is 5.91 Å². The highest BCUT2D eigenvalue weighted by Crippen LogP contribution is 2.28. The zero-order chi connectivity index (χ0) is 16.2. The summed E-state index contributed by atoms with van der Waals surface area (Å²) in [5, 5.41) is 0. The second kappa shape index (κ2) is 10.9. The van der Waals surface area contributed by atoms with E-state index in [-0.39, 0.29) is 0 Å². The highest BCUT2D eigenvalue weighted by molar-refractivity contribution is 5.93. The van der Waals surface area contributed by atoms with Crippen LogP contribution in [0.5, 0.6) is 11.5 Å². The number of carbonyl (C=O) groups excluding carboxylic acids is 1. The minimum atomic E-state index is -0.459. The van der Waals surface area contributed by atoms with Gasteiger partial charge in [0, 0.05) is 5.56 Å². The molecule has 0 heterocycles. The first-order chi connectivity index (χ1) is 10.7. The topological polar surface area (TPSA) is 61.5 Å². The number of rotatable bonds is 12. The van der Waals surface area contributed by atoms with Gasteiger partial charge in [0.05, 0.1) is 13.2 Å². The van der Waals surface area contributed by atoms with Crippen molar-refractivity contribution in [3.8, 4) is 11.5 Å². The fraction of sp³-hybridized carbons (Fsp3) is 0.611. The van der Waals surface area contributed by atoms with Crippen LogP contribution < -0.4 is 15.2 Å². The van der Waals surface area contributed by atoms with Crippen molar-refractivity contribution in [2.24, 2.45) is 5.73 Å². The highest BCUT2D eigenvalue weighted by Gasteiger charge is 2.09. The van der Waals surface area contributed by atoms with Gasteiger partial charge >= 0.3 is 0 Å². The van der Waals surface area contributed by atoms with Crippen LogP contribution in [-0.4, -0.2) is 19.1 Å². The van der Waals surface area contributed by atoms with Crippen LogP contribution in [0.25, 0.3) is 0 Å². The first kappa shape index (κ1) is 18.3. The number of unbranched alkanes of at least 4 members (excludes halogenated alkanes) is 6. The number of hydrogen-bond donors (Lipinski definition) is 1. The summed E-state index contributed by atoms with van der Waals surface area (Å²) in [6.45, 7) is 5.32. The molecule has 0 bridgehead atoms. The molecule has 0 aliphatic carbocycles. The van der Waals surface area contributed by atoms with Crippen LogP contribution in [0.15, 0.2) is 18.2 Å². The highest BCUT2D eigenvalue weighted by atomic mass is 16.5. The first-order valence-electron chi connectivity index (χ1n) is 8.38. The monoisotopic (exact) mass is 307 g/mol. The Labute approximate surface area is 134 Å². The van der Waals surface area contributed by atoms with Crippen LogP contribution in [0.3, 0.4) is 0 Å². The zero-order valence-electron chi connectivity index (χ0n) is 13.9. The molecule has 0 spiro atoms. The summed E-state index contributed by atoms with van der Waals surface area (Å²) >= 11 is 0. The minimum Gasteiger partial charge on any atom is -0.490 e. The lowest BCUT2D eigenvalue weighted by Crippen LogP contribution is -2.11. The molecule has 124 valence electrons. The van der Waals surface area contributed by atoms with E-state index in [2.05, 4.69) is 6.92 Å². The molecule has 4 nitrogen and oxygen atoms in total. The molecule has 0 unspecified atom stereocenters. The smallest absolute Gasteiger partial charge is 0.248 e. The number of ether oxygens (including phenoxy) is 2. The third kappa shape index (κ3) is 6.83. The first-order valence-corrected chi connectivity index (χ1v) is 8.38. The number of carbonyl (C=O) groups is 1. The van der Waals surface area contributed by atoms with Crippen LogP contribution in [0.4, 0.5) is 0 Å². The predicted molar refractivity (Wildman–Crippen MR) is 89.6 cm³/mol. The SMILES string of the molecule is CCCCCCCCCOc1ccc(C(N)=O)cc1OCC. The Balaban J connectivity index is 2.36. The molecule has 0 aromatic heterocycles. The Morgan fingerprint density at radius 3 is 2.27 bits per heavy atom. The second-order valence-corrected chi connectivity index (χ2v) is 5.43. The van der Waals surface area contributed by atoms with E-state index < -0.39 is 5.91 Å². The molecule has 1 aromatic carbocycles. The Hall–Kier alpha value is -1.71. The number of benzene rings is 1. The maximum atomic E-state index is 11.2. The number of nitrogens with two attached hydrogens (primary N) is 1. The molecule has 0 aliphatic heterocycles. The van der Waals surface area contributed by atoms with Crippen molar-refractivity contribution in [1.82, 2.24) is 0 Å². The summed E-state index contributed by atoms with van der Waals surface area (Å²) in [6.07, 6.45) is 8.75. The number of hydrogen-bond acceptors (Lipinski definition) is 3. The third-order valence-corrected chi connectivity index (χ3v) is 3.53. The third-order valence-electron chi connectivity index (χ3n) is 3.53. The fourth-order valence-electron chi connectivity index (χ4n) is 2.29. The largest absolute Gasteiger partial charge is 0.490 e. The van der Waals surface area contributed by atoms with Gasteiger partial charge in [0.1, 0.15) is 0 Å². The maximum Gasteiger partial charge on any atom is 0.248 e. The molecule has 4 heteroatoms. The lowest BCUT2D eigenvalue weighted by molar-refractivity contribution is 0.0999. The van der Waals surface area contributed by atoms with Crippen molar-refractivity contribution in [1.29, 1.82) is 0 Å². The summed E-state index contributed by atoms with van der Waals surface area (Å²) in [4.78, 5) is 11.2. The van der Waals surface area contributed by atoms with Crippen molar-refractivity contribution < 1.29 is 14.3 Å². The van der Waals surface area contributed by atoms with Crippen molar-refractivity contribution in [2.45, 2.75) is 58.8 Å². The summed E-state index contributed by atoms with van der Waals surface area (Å²) < 4.78 is 11.3. The molecule has 1 aromatic rings. The zero-order valence-corrected chi connectivity index (χ0v) is 13.9. The molecule has 1 amide bonds. The maximum absolute atomic E-state index is 11.2. The van der Waals surface area contributed by atoms with Gasteiger partial charge < -0.3 is 15.2 Å². The average molecular weight is 307 g/mol. The minimum absolute atomic E-state index is 0.437. The van der Waals surface area contributed by atoms with Crippen molar-refractivity contribution in [2.75, 3.05) is 13.2 Å². The fourth-order valence-corrected chi connectivity index (χ4v) is 2.29. The van der Waals surface area contributed by atoms with E-state index in [1.165, 1.54) is 38.5 Å². The Bertz CT molecular complexity index is 446. The van der Waals surface area contributed by atoms with Crippen molar-refractivity contribution in [3.63, 3.8) is 0 Å². The standard InChI is InChI=1S/C18H29NO3/c1-3-5-6-7-8-9-10-13-22-16-12-11-15(18(19)20)14-17(16)21-4-2/h11-12,14H,3-10,13H2,1-2H3,(H2,19,20). The number of amides is 1. The van der Waals surface area contributed by atoms with Gasteiger partial charge in [-0.25, -0.2) is 0 Å². The molecule has 0 fully saturated rings. The molecule has 0 saturated heterocycles. The molecular weight excluding hydrogens is 278 g/mol. The van der Waals surface area contributed by atoms with Gasteiger partial charge in [-0.05, 0) is 31.5 Å². The van der Waals surface area contributed by atoms with E-state index >= 15 is 0 Å². The molecule has 0 aliphatic rings. The summed E-state index contributed by atoms with van der Waals surface area (Å²) in [5.74, 6) is 0.805.